The highest BCUT2D eigenvalue weighted by Crippen LogP contribution is 2.24. The van der Waals surface area contributed by atoms with Crippen molar-refractivity contribution in [3.8, 4) is 0 Å². The standard InChI is InChI=1S/C16H28N8O.ClH/c1-6-7-20-13-12-11(22-15(18-5)24-13)10(21-14(17-4)23-12)8-19-9-16(2,3)25;/h19,25H,6-9H2,1-5H3,(H,17,21,23)(H2,18,20,22,24);1H. The molecular formula is C16H29ClN8O. The molecule has 0 aliphatic rings. The Hall–Kier alpha value is -1.97. The molecule has 0 aromatic carbocycles. The van der Waals surface area contributed by atoms with Crippen LogP contribution < -0.4 is 21.3 Å². The Morgan fingerprint density at radius 3 is 2.15 bits per heavy atom. The van der Waals surface area contributed by atoms with Crippen LogP contribution in [-0.4, -0.2) is 57.8 Å². The number of rotatable bonds is 9. The van der Waals surface area contributed by atoms with Crippen molar-refractivity contribution < 1.29 is 5.11 Å². The Kier molecular flexibility index (Phi) is 8.19. The second-order valence-corrected chi connectivity index (χ2v) is 6.43. The zero-order valence-electron chi connectivity index (χ0n) is 16.0. The average molecular weight is 385 g/mol. The number of aliphatic hydroxyl groups is 1. The maximum Gasteiger partial charge on any atom is 0.225 e. The molecule has 0 atom stereocenters. The molecule has 0 saturated carbocycles. The Morgan fingerprint density at radius 2 is 1.58 bits per heavy atom. The third-order valence-corrected chi connectivity index (χ3v) is 3.46. The summed E-state index contributed by atoms with van der Waals surface area (Å²) in [6, 6.07) is 0. The number of aromatic nitrogens is 4. The lowest BCUT2D eigenvalue weighted by Crippen LogP contribution is -2.34. The summed E-state index contributed by atoms with van der Waals surface area (Å²) in [5.41, 5.74) is 1.30. The molecule has 2 heterocycles. The molecule has 0 fully saturated rings. The van der Waals surface area contributed by atoms with Crippen molar-refractivity contribution >= 4 is 41.2 Å². The minimum Gasteiger partial charge on any atom is -0.389 e. The Labute approximate surface area is 160 Å². The van der Waals surface area contributed by atoms with Crippen molar-refractivity contribution in [1.82, 2.24) is 25.3 Å². The van der Waals surface area contributed by atoms with Crippen LogP contribution >= 0.6 is 12.4 Å². The van der Waals surface area contributed by atoms with Gasteiger partial charge in [-0.2, -0.15) is 4.98 Å². The molecule has 0 amide bonds. The van der Waals surface area contributed by atoms with E-state index in [1.54, 1.807) is 27.9 Å². The van der Waals surface area contributed by atoms with Crippen LogP contribution in [0.5, 0.6) is 0 Å². The lowest BCUT2D eigenvalue weighted by Gasteiger charge is -2.18. The normalized spacial score (nSPS) is 11.2. The van der Waals surface area contributed by atoms with E-state index in [0.29, 0.717) is 41.8 Å². The van der Waals surface area contributed by atoms with Crippen molar-refractivity contribution in [2.24, 2.45) is 0 Å². The molecule has 9 nitrogen and oxygen atoms in total. The van der Waals surface area contributed by atoms with E-state index in [-0.39, 0.29) is 12.4 Å². The average Bonchev–Trinajstić information content (AvgIpc) is 2.58. The number of hydrogen-bond acceptors (Lipinski definition) is 9. The predicted octanol–water partition coefficient (Wildman–Crippen LogP) is 1.61. The largest absolute Gasteiger partial charge is 0.389 e. The van der Waals surface area contributed by atoms with Gasteiger partial charge in [0.15, 0.2) is 5.82 Å². The van der Waals surface area contributed by atoms with E-state index >= 15 is 0 Å². The second-order valence-electron chi connectivity index (χ2n) is 6.43. The van der Waals surface area contributed by atoms with Crippen molar-refractivity contribution in [2.45, 2.75) is 39.3 Å². The number of halogens is 1. The Balaban J connectivity index is 0.00000338. The highest BCUT2D eigenvalue weighted by atomic mass is 35.5. The zero-order chi connectivity index (χ0) is 18.4. The van der Waals surface area contributed by atoms with E-state index in [0.717, 1.165) is 18.7 Å². The fourth-order valence-electron chi connectivity index (χ4n) is 2.27. The first kappa shape index (κ1) is 22.1. The predicted molar refractivity (Wildman–Crippen MR) is 108 cm³/mol. The lowest BCUT2D eigenvalue weighted by atomic mass is 10.1. The molecule has 0 spiro atoms. The van der Waals surface area contributed by atoms with Crippen LogP contribution in [0.25, 0.3) is 11.0 Å². The van der Waals surface area contributed by atoms with Crippen LogP contribution in [-0.2, 0) is 6.54 Å². The summed E-state index contributed by atoms with van der Waals surface area (Å²) in [6.45, 7) is 7.30. The molecule has 0 aliphatic heterocycles. The van der Waals surface area contributed by atoms with E-state index in [1.807, 2.05) is 0 Å². The van der Waals surface area contributed by atoms with Gasteiger partial charge in [0.05, 0.1) is 11.3 Å². The number of nitrogens with zero attached hydrogens (tertiary/aromatic N) is 4. The van der Waals surface area contributed by atoms with Crippen LogP contribution in [0.1, 0.15) is 32.9 Å². The zero-order valence-corrected chi connectivity index (χ0v) is 16.8. The Bertz CT molecular complexity index is 719. The van der Waals surface area contributed by atoms with Gasteiger partial charge in [-0.25, -0.2) is 15.0 Å². The molecule has 146 valence electrons. The monoisotopic (exact) mass is 384 g/mol. The van der Waals surface area contributed by atoms with Crippen molar-refractivity contribution in [1.29, 1.82) is 0 Å². The van der Waals surface area contributed by atoms with Crippen LogP contribution in [0.2, 0.25) is 0 Å². The van der Waals surface area contributed by atoms with E-state index in [4.69, 9.17) is 0 Å². The molecule has 0 saturated heterocycles. The summed E-state index contributed by atoms with van der Waals surface area (Å²) in [4.78, 5) is 18.1. The minimum atomic E-state index is -0.798. The van der Waals surface area contributed by atoms with Gasteiger partial charge in [-0.05, 0) is 20.3 Å². The molecule has 0 unspecified atom stereocenters. The Morgan fingerprint density at radius 1 is 0.962 bits per heavy atom. The highest BCUT2D eigenvalue weighted by molar-refractivity contribution is 5.88. The van der Waals surface area contributed by atoms with Gasteiger partial charge in [-0.3, -0.25) is 0 Å². The quantitative estimate of drug-likeness (QED) is 0.439. The third kappa shape index (κ3) is 5.79. The highest BCUT2D eigenvalue weighted by Gasteiger charge is 2.17. The fourth-order valence-corrected chi connectivity index (χ4v) is 2.27. The third-order valence-electron chi connectivity index (χ3n) is 3.46. The van der Waals surface area contributed by atoms with Crippen LogP contribution in [0.3, 0.4) is 0 Å². The van der Waals surface area contributed by atoms with Gasteiger partial charge in [0.25, 0.3) is 0 Å². The van der Waals surface area contributed by atoms with Crippen LogP contribution in [0.4, 0.5) is 17.7 Å². The van der Waals surface area contributed by atoms with Gasteiger partial charge in [-0.1, -0.05) is 6.92 Å². The van der Waals surface area contributed by atoms with Gasteiger partial charge in [0, 0.05) is 33.7 Å². The topological polar surface area (TPSA) is 120 Å². The van der Waals surface area contributed by atoms with E-state index in [2.05, 4.69) is 48.1 Å². The van der Waals surface area contributed by atoms with Gasteiger partial charge < -0.3 is 26.4 Å². The number of fused-ring (bicyclic) bond motifs is 1. The van der Waals surface area contributed by atoms with Crippen molar-refractivity contribution in [2.75, 3.05) is 43.1 Å². The van der Waals surface area contributed by atoms with E-state index in [9.17, 15) is 5.11 Å². The maximum absolute atomic E-state index is 9.88. The van der Waals surface area contributed by atoms with Gasteiger partial charge in [0.2, 0.25) is 11.9 Å². The first-order chi connectivity index (χ1) is 11.9. The molecule has 2 aromatic heterocycles. The molecule has 10 heteroatoms. The molecule has 2 rings (SSSR count). The second kappa shape index (κ2) is 9.65. The molecule has 0 aliphatic carbocycles. The van der Waals surface area contributed by atoms with E-state index in [1.165, 1.54) is 0 Å². The summed E-state index contributed by atoms with van der Waals surface area (Å²) in [7, 11) is 3.55. The smallest absolute Gasteiger partial charge is 0.225 e. The maximum atomic E-state index is 9.88. The SMILES string of the molecule is CCCNc1nc(NC)nc2c(CNCC(C)(C)O)nc(NC)nc12.Cl. The first-order valence-corrected chi connectivity index (χ1v) is 8.49. The molecule has 2 aromatic rings. The van der Waals surface area contributed by atoms with Gasteiger partial charge in [0.1, 0.15) is 11.0 Å². The van der Waals surface area contributed by atoms with E-state index < -0.39 is 5.60 Å². The van der Waals surface area contributed by atoms with Crippen molar-refractivity contribution in [3.63, 3.8) is 0 Å². The fraction of sp³-hybridized carbons (Fsp3) is 0.625. The van der Waals surface area contributed by atoms with Crippen molar-refractivity contribution in [3.05, 3.63) is 5.69 Å². The lowest BCUT2D eigenvalue weighted by molar-refractivity contribution is 0.0794. The molecule has 0 bridgehead atoms. The molecule has 26 heavy (non-hydrogen) atoms. The molecule has 5 N–H and O–H groups in total. The number of hydrogen-bond donors (Lipinski definition) is 5. The summed E-state index contributed by atoms with van der Waals surface area (Å²) < 4.78 is 0. The van der Waals surface area contributed by atoms with Gasteiger partial charge in [-0.15, -0.1) is 12.4 Å². The number of nitrogens with one attached hydrogen (secondary N) is 4. The van der Waals surface area contributed by atoms with Gasteiger partial charge >= 0.3 is 0 Å². The summed E-state index contributed by atoms with van der Waals surface area (Å²) in [6.07, 6.45) is 0.977. The van der Waals surface area contributed by atoms with Crippen LogP contribution in [0, 0.1) is 0 Å². The first-order valence-electron chi connectivity index (χ1n) is 8.49. The molecular weight excluding hydrogens is 356 g/mol. The number of anilines is 3. The van der Waals surface area contributed by atoms with Crippen LogP contribution in [0.15, 0.2) is 0 Å². The molecule has 0 radical (unpaired) electrons. The summed E-state index contributed by atoms with van der Waals surface area (Å²) >= 11 is 0. The summed E-state index contributed by atoms with van der Waals surface area (Å²) in [5.74, 6) is 1.70. The summed E-state index contributed by atoms with van der Waals surface area (Å²) in [5, 5.41) is 22.4. The minimum absolute atomic E-state index is 0.